The van der Waals surface area contributed by atoms with E-state index in [1.165, 1.54) is 12.1 Å². The summed E-state index contributed by atoms with van der Waals surface area (Å²) < 4.78 is 163. The van der Waals surface area contributed by atoms with Crippen molar-refractivity contribution in [2.24, 2.45) is 11.7 Å². The van der Waals surface area contributed by atoms with Crippen molar-refractivity contribution >= 4 is 55.2 Å². The van der Waals surface area contributed by atoms with Gasteiger partial charge in [-0.25, -0.2) is 35.6 Å². The molecule has 1 fully saturated rings. The fourth-order valence-corrected chi connectivity index (χ4v) is 9.29. The predicted molar refractivity (Wildman–Crippen MR) is 212 cm³/mol. The second kappa shape index (κ2) is 14.7. The number of sulfonamides is 1. The zero-order valence-corrected chi connectivity index (χ0v) is 34.8. The van der Waals surface area contributed by atoms with Crippen LogP contribution in [0.25, 0.3) is 27.5 Å². The van der Waals surface area contributed by atoms with Crippen molar-refractivity contribution in [3.63, 3.8) is 0 Å². The molecule has 2 aliphatic rings. The third-order valence-corrected chi connectivity index (χ3v) is 12.1. The minimum atomic E-state index is -5.05. The molecule has 3 heterocycles. The van der Waals surface area contributed by atoms with Crippen LogP contribution in [0.15, 0.2) is 53.3 Å². The highest BCUT2D eigenvalue weighted by molar-refractivity contribution is 7.92. The number of hydrogen-bond donors (Lipinski definition) is 2. The molecule has 0 spiro atoms. The Labute approximate surface area is 355 Å². The van der Waals surface area contributed by atoms with Crippen molar-refractivity contribution in [3.05, 3.63) is 109 Å². The number of anilines is 1. The van der Waals surface area contributed by atoms with Gasteiger partial charge in [0.25, 0.3) is 17.9 Å². The van der Waals surface area contributed by atoms with Crippen LogP contribution in [0.4, 0.5) is 45.3 Å². The van der Waals surface area contributed by atoms with Crippen molar-refractivity contribution in [2.45, 2.75) is 82.0 Å². The van der Waals surface area contributed by atoms with Crippen LogP contribution in [0.1, 0.15) is 85.4 Å². The van der Waals surface area contributed by atoms with E-state index in [9.17, 15) is 43.9 Å². The number of nitrogens with one attached hydrogen (secondary N) is 1. The van der Waals surface area contributed by atoms with Gasteiger partial charge in [0.05, 0.1) is 44.7 Å². The first-order chi connectivity index (χ1) is 29.2. The monoisotopic (exact) mass is 928 g/mol. The fraction of sp³-hybridized carbons (Fsp3) is 0.375. The largest absolute Gasteiger partial charge is 0.408 e. The van der Waals surface area contributed by atoms with Crippen LogP contribution in [0.2, 0.25) is 5.02 Å². The number of halogens is 10. The van der Waals surface area contributed by atoms with Crippen LogP contribution in [0.5, 0.6) is 0 Å². The van der Waals surface area contributed by atoms with E-state index in [2.05, 4.69) is 10.2 Å². The summed E-state index contributed by atoms with van der Waals surface area (Å²) >= 11 is 6.52. The summed E-state index contributed by atoms with van der Waals surface area (Å²) in [5.74, 6) is -13.5. The van der Waals surface area contributed by atoms with E-state index in [1.54, 1.807) is 6.07 Å². The molecule has 12 nitrogen and oxygen atoms in total. The Hall–Kier alpha value is -5.64. The molecule has 63 heavy (non-hydrogen) atoms. The topological polar surface area (TPSA) is 160 Å². The average Bonchev–Trinajstić information content (AvgIpc) is 3.66. The number of aromatic nitrogens is 6. The highest BCUT2D eigenvalue weighted by Crippen LogP contribution is 2.68. The van der Waals surface area contributed by atoms with E-state index in [0.29, 0.717) is 31.8 Å². The second-order valence-corrected chi connectivity index (χ2v) is 18.9. The Morgan fingerprint density at radius 3 is 2.29 bits per heavy atom. The maximum atomic E-state index is 16.2. The molecule has 1 amide bonds. The lowest BCUT2D eigenvalue weighted by atomic mass is 9.86. The molecule has 3 aromatic carbocycles. The van der Waals surface area contributed by atoms with Gasteiger partial charge < -0.3 is 5.73 Å². The van der Waals surface area contributed by atoms with Crippen LogP contribution in [0.3, 0.4) is 0 Å². The van der Waals surface area contributed by atoms with Gasteiger partial charge in [-0.15, -0.1) is 0 Å². The third-order valence-electron chi connectivity index (χ3n) is 11.2. The zero-order valence-electron chi connectivity index (χ0n) is 33.2. The summed E-state index contributed by atoms with van der Waals surface area (Å²) in [5, 5.41) is 6.69. The molecule has 4 atom stereocenters. The van der Waals surface area contributed by atoms with Gasteiger partial charge >= 0.3 is 6.18 Å². The molecular weight excluding hydrogens is 895 g/mol. The summed E-state index contributed by atoms with van der Waals surface area (Å²) in [7, 11) is -4.26. The smallest absolute Gasteiger partial charge is 0.368 e. The van der Waals surface area contributed by atoms with Crippen LogP contribution in [-0.2, 0) is 39.1 Å². The fourth-order valence-electron chi connectivity index (χ4n) is 8.56. The highest BCUT2D eigenvalue weighted by Gasteiger charge is 2.68. The number of alkyl halides is 7. The van der Waals surface area contributed by atoms with Crippen molar-refractivity contribution in [1.29, 1.82) is 0 Å². The van der Waals surface area contributed by atoms with Crippen molar-refractivity contribution in [3.8, 4) is 5.69 Å². The summed E-state index contributed by atoms with van der Waals surface area (Å²) in [6.07, 6.45) is -8.78. The summed E-state index contributed by atoms with van der Waals surface area (Å²) in [5.41, 5.74) is 0.688. The molecular formula is C40H34ClF9N8O4S. The van der Waals surface area contributed by atoms with Gasteiger partial charge in [-0.1, -0.05) is 38.4 Å². The summed E-state index contributed by atoms with van der Waals surface area (Å²) in [4.78, 5) is 33.8. The molecule has 1 saturated carbocycles. The second-order valence-electron chi connectivity index (χ2n) is 16.8. The lowest BCUT2D eigenvalue weighted by Gasteiger charge is -2.30. The summed E-state index contributed by atoms with van der Waals surface area (Å²) in [6.45, 7) is 3.56. The van der Waals surface area contributed by atoms with Gasteiger partial charge in [-0.3, -0.25) is 23.6 Å². The lowest BCUT2D eigenvalue weighted by molar-refractivity contribution is -0.141. The number of benzene rings is 3. The first-order valence-electron chi connectivity index (χ1n) is 19.0. The number of hydrogen-bond acceptors (Lipinski definition) is 7. The van der Waals surface area contributed by atoms with E-state index in [1.807, 2.05) is 25.5 Å². The number of nitrogens with zero attached hydrogens (tertiary/aromatic N) is 6. The van der Waals surface area contributed by atoms with Crippen LogP contribution < -0.4 is 16.0 Å². The molecule has 2 aliphatic carbocycles. The standard InChI is InChI=1S/C40H34ClF9N8O4S/c1-38(2,3)17-5-6-20-25(12-17)52-36(57(37(20)60)26-8-7-24(41)28-31(26)56(15-39(46,47)48)54-35(28)55-63(4,61)62)22(11-16-9-18(42)13-19(43)10-16)30(34(51)59)58-32-27(29(53-58)33(44)45)21-14-23(21)40(32,49)50/h5-10,12-13,21-23,30,33H,11,14-15H2,1-4H3,(H2,51,59)(H,54,55)/t21-,22-,23+,30?/m0/s1. The summed E-state index contributed by atoms with van der Waals surface area (Å²) in [6, 6.07) is 6.33. The lowest BCUT2D eigenvalue weighted by Crippen LogP contribution is -2.39. The van der Waals surface area contributed by atoms with Gasteiger partial charge in [-0.05, 0) is 71.7 Å². The van der Waals surface area contributed by atoms with Gasteiger partial charge in [0, 0.05) is 17.5 Å². The molecule has 0 radical (unpaired) electrons. The first-order valence-corrected chi connectivity index (χ1v) is 21.3. The quantitative estimate of drug-likeness (QED) is 0.124. The molecule has 0 bridgehead atoms. The molecule has 6 aromatic rings. The Morgan fingerprint density at radius 1 is 1.03 bits per heavy atom. The highest BCUT2D eigenvalue weighted by atomic mass is 35.5. The number of amides is 1. The molecule has 3 aromatic heterocycles. The van der Waals surface area contributed by atoms with Crippen LogP contribution >= 0.6 is 11.6 Å². The Bertz CT molecular complexity index is 3050. The van der Waals surface area contributed by atoms with E-state index < -0.39 is 139 Å². The molecule has 334 valence electrons. The van der Waals surface area contributed by atoms with Gasteiger partial charge in [0.15, 0.2) is 5.82 Å². The number of carbonyl (C=O) groups is 1. The third kappa shape index (κ3) is 7.77. The Kier molecular flexibility index (Phi) is 10.3. The molecule has 8 rings (SSSR count). The molecule has 3 N–H and O–H groups in total. The average molecular weight is 929 g/mol. The van der Waals surface area contributed by atoms with Crippen LogP contribution in [-0.4, -0.2) is 55.9 Å². The number of carbonyl (C=O) groups excluding carboxylic acids is 1. The SMILES string of the molecule is CC(C)(C)c1ccc2c(=O)n(-c3ccc(Cl)c4c(NS(C)(=O)=O)nn(CC(F)(F)F)c34)c([C@@H](Cc3cc(F)cc(F)c3)C(C(N)=O)n3nc(C(F)F)c4c3C(F)(F)[C@@H]3C[C@H]43)nc2c1. The van der Waals surface area contributed by atoms with Gasteiger partial charge in [0.2, 0.25) is 15.9 Å². The Balaban J connectivity index is 1.53. The van der Waals surface area contributed by atoms with E-state index in [4.69, 9.17) is 22.3 Å². The minimum Gasteiger partial charge on any atom is -0.368 e. The van der Waals surface area contributed by atoms with E-state index >= 15 is 13.6 Å². The number of primary amides is 1. The number of fused-ring (bicyclic) bond motifs is 5. The van der Waals surface area contributed by atoms with Crippen molar-refractivity contribution < 1.29 is 52.7 Å². The zero-order chi connectivity index (χ0) is 46.0. The normalized spacial score (nSPS) is 18.2. The van der Waals surface area contributed by atoms with E-state index in [0.717, 1.165) is 24.3 Å². The molecule has 23 heteroatoms. The molecule has 1 unspecified atom stereocenters. The van der Waals surface area contributed by atoms with Crippen LogP contribution in [0, 0.1) is 17.6 Å². The maximum Gasteiger partial charge on any atom is 0.408 e. The number of nitrogens with two attached hydrogens (primary N) is 1. The molecule has 0 aliphatic heterocycles. The van der Waals surface area contributed by atoms with Crippen molar-refractivity contribution in [2.75, 3.05) is 11.0 Å². The predicted octanol–water partition coefficient (Wildman–Crippen LogP) is 8.29. The van der Waals surface area contributed by atoms with Gasteiger partial charge in [0.1, 0.15) is 41.4 Å². The maximum absolute atomic E-state index is 16.2. The minimum absolute atomic E-state index is 0.115. The first kappa shape index (κ1) is 44.0. The number of rotatable bonds is 11. The molecule has 0 saturated heterocycles. The van der Waals surface area contributed by atoms with Gasteiger partial charge in [-0.2, -0.15) is 32.1 Å². The Morgan fingerprint density at radius 2 is 1.70 bits per heavy atom. The van der Waals surface area contributed by atoms with E-state index in [-0.39, 0.29) is 27.9 Å². The van der Waals surface area contributed by atoms with Crippen molar-refractivity contribution in [1.82, 2.24) is 29.1 Å².